The zero-order valence-electron chi connectivity index (χ0n) is 15.2. The van der Waals surface area contributed by atoms with Crippen LogP contribution in [0.3, 0.4) is 0 Å². The lowest BCUT2D eigenvalue weighted by molar-refractivity contribution is 0.257. The summed E-state index contributed by atoms with van der Waals surface area (Å²) in [6, 6.07) is 6.69. The average molecular weight is 433 g/mol. The zero-order chi connectivity index (χ0) is 19.4. The molecule has 1 aromatic heterocycles. The topological polar surface area (TPSA) is 63.0 Å². The highest BCUT2D eigenvalue weighted by atomic mass is 35.5. The fraction of sp³-hybridized carbons (Fsp3) is 0.500. The van der Waals surface area contributed by atoms with E-state index in [2.05, 4.69) is 6.92 Å². The molecule has 0 fully saturated rings. The summed E-state index contributed by atoms with van der Waals surface area (Å²) >= 11 is 11.9. The van der Waals surface area contributed by atoms with E-state index in [4.69, 9.17) is 32.1 Å². The van der Waals surface area contributed by atoms with E-state index in [1.165, 1.54) is 6.07 Å². The summed E-state index contributed by atoms with van der Waals surface area (Å²) in [5.41, 5.74) is 0.800. The molecule has 3 rings (SSSR count). The van der Waals surface area contributed by atoms with E-state index >= 15 is 0 Å². The summed E-state index contributed by atoms with van der Waals surface area (Å²) in [6.45, 7) is 3.87. The average Bonchev–Trinajstić information content (AvgIpc) is 2.66. The van der Waals surface area contributed by atoms with Gasteiger partial charge in [-0.05, 0) is 24.6 Å². The molecule has 0 spiro atoms. The summed E-state index contributed by atoms with van der Waals surface area (Å²) in [5.74, 6) is 1.12. The van der Waals surface area contributed by atoms with E-state index in [1.54, 1.807) is 22.9 Å². The summed E-state index contributed by atoms with van der Waals surface area (Å²) in [7, 11) is -3.34. The normalized spacial score (nSPS) is 20.0. The van der Waals surface area contributed by atoms with Crippen LogP contribution in [-0.2, 0) is 11.1 Å². The minimum Gasteiger partial charge on any atom is -0.422 e. The Morgan fingerprint density at radius 2 is 1.89 bits per heavy atom. The maximum atomic E-state index is 13.9. The van der Waals surface area contributed by atoms with E-state index in [1.807, 2.05) is 4.67 Å². The van der Waals surface area contributed by atoms with Gasteiger partial charge in [-0.2, -0.15) is 0 Å². The summed E-state index contributed by atoms with van der Waals surface area (Å²) in [4.78, 5) is 11.7. The number of rotatable bonds is 8. The molecule has 1 aliphatic rings. The van der Waals surface area contributed by atoms with Gasteiger partial charge in [-0.3, -0.25) is 0 Å². The van der Waals surface area contributed by atoms with Gasteiger partial charge < -0.3 is 8.94 Å². The van der Waals surface area contributed by atoms with Crippen molar-refractivity contribution in [1.82, 2.24) is 9.34 Å². The molecule has 0 aliphatic carbocycles. The molecule has 0 saturated heterocycles. The maximum absolute atomic E-state index is 13.9. The third-order valence-corrected chi connectivity index (χ3v) is 7.52. The molecule has 0 saturated carbocycles. The number of nitrogens with zero attached hydrogens (tertiary/aromatic N) is 2. The number of hydrogen-bond donors (Lipinski definition) is 0. The van der Waals surface area contributed by atoms with Gasteiger partial charge in [0.25, 0.3) is 0 Å². The van der Waals surface area contributed by atoms with Crippen molar-refractivity contribution in [2.45, 2.75) is 26.3 Å². The van der Waals surface area contributed by atoms with E-state index in [0.29, 0.717) is 49.3 Å². The van der Waals surface area contributed by atoms with E-state index in [-0.39, 0.29) is 0 Å². The number of halogens is 2. The van der Waals surface area contributed by atoms with E-state index < -0.39 is 13.3 Å². The Morgan fingerprint density at radius 3 is 2.56 bits per heavy atom. The number of unbranched alkanes of at least 4 members (excludes halogenated alkanes) is 1. The predicted octanol–water partition coefficient (Wildman–Crippen LogP) is 4.68. The van der Waals surface area contributed by atoms with Gasteiger partial charge in [-0.15, -0.1) is 23.2 Å². The molecule has 1 aromatic carbocycles. The van der Waals surface area contributed by atoms with Gasteiger partial charge >= 0.3 is 13.3 Å². The zero-order valence-corrected chi connectivity index (χ0v) is 17.6. The molecule has 0 N–H and O–H groups in total. The van der Waals surface area contributed by atoms with Crippen molar-refractivity contribution in [2.75, 3.05) is 31.4 Å². The maximum Gasteiger partial charge on any atom is 0.396 e. The SMILES string of the molecule is CCCCN1Cc2c(ccc3ccc(=O)oc23)OP1(=O)N(CCCl)CCCl. The van der Waals surface area contributed by atoms with Gasteiger partial charge in [0.2, 0.25) is 0 Å². The van der Waals surface area contributed by atoms with Crippen molar-refractivity contribution < 1.29 is 13.5 Å². The van der Waals surface area contributed by atoms with Gasteiger partial charge in [-0.1, -0.05) is 13.3 Å². The second-order valence-corrected chi connectivity index (χ2v) is 9.42. The Bertz CT molecular complexity index is 899. The first kappa shape index (κ1) is 20.7. The first-order chi connectivity index (χ1) is 13.0. The number of benzene rings is 1. The third-order valence-electron chi connectivity index (χ3n) is 4.58. The second-order valence-electron chi connectivity index (χ2n) is 6.37. The highest BCUT2D eigenvalue weighted by Gasteiger charge is 2.44. The van der Waals surface area contributed by atoms with Crippen molar-refractivity contribution in [3.8, 4) is 5.75 Å². The Labute approximate surface area is 168 Å². The molecular formula is C18H23Cl2N2O4P. The minimum atomic E-state index is -3.34. The molecule has 2 heterocycles. The molecular weight excluding hydrogens is 410 g/mol. The van der Waals surface area contributed by atoms with Crippen molar-refractivity contribution >= 4 is 41.8 Å². The van der Waals surface area contributed by atoms with Crippen LogP contribution in [0.1, 0.15) is 25.3 Å². The molecule has 2 aromatic rings. The smallest absolute Gasteiger partial charge is 0.396 e. The molecule has 0 bridgehead atoms. The Hall–Kier alpha value is -1.04. The van der Waals surface area contributed by atoms with Crippen LogP contribution in [-0.4, -0.2) is 40.7 Å². The molecule has 1 unspecified atom stereocenters. The Kier molecular flexibility index (Phi) is 6.88. The summed E-state index contributed by atoms with van der Waals surface area (Å²) < 4.78 is 29.0. The van der Waals surface area contributed by atoms with Crippen LogP contribution in [0.5, 0.6) is 5.75 Å². The number of fused-ring (bicyclic) bond motifs is 3. The molecule has 6 nitrogen and oxygen atoms in total. The number of alkyl halides is 2. The van der Waals surface area contributed by atoms with Crippen molar-refractivity contribution in [3.05, 3.63) is 40.2 Å². The van der Waals surface area contributed by atoms with Crippen LogP contribution < -0.4 is 10.1 Å². The van der Waals surface area contributed by atoms with E-state index in [0.717, 1.165) is 23.8 Å². The quantitative estimate of drug-likeness (QED) is 0.343. The minimum absolute atomic E-state index is 0.325. The van der Waals surface area contributed by atoms with Gasteiger partial charge in [-0.25, -0.2) is 18.7 Å². The molecule has 1 aliphatic heterocycles. The molecule has 0 radical (unpaired) electrons. The molecule has 9 heteroatoms. The summed E-state index contributed by atoms with van der Waals surface area (Å²) in [5, 5.41) is 0.808. The van der Waals surface area contributed by atoms with Crippen molar-refractivity contribution in [1.29, 1.82) is 0 Å². The second kappa shape index (κ2) is 8.97. The molecule has 148 valence electrons. The van der Waals surface area contributed by atoms with Crippen LogP contribution in [0, 0.1) is 0 Å². The number of hydrogen-bond acceptors (Lipinski definition) is 4. The lowest BCUT2D eigenvalue weighted by Crippen LogP contribution is -2.39. The Morgan fingerprint density at radius 1 is 1.19 bits per heavy atom. The lowest BCUT2D eigenvalue weighted by atomic mass is 10.1. The Balaban J connectivity index is 2.08. The van der Waals surface area contributed by atoms with E-state index in [9.17, 15) is 9.36 Å². The third kappa shape index (κ3) is 4.20. The van der Waals surface area contributed by atoms with Gasteiger partial charge in [0, 0.05) is 49.4 Å². The predicted molar refractivity (Wildman–Crippen MR) is 109 cm³/mol. The van der Waals surface area contributed by atoms with Crippen LogP contribution in [0.2, 0.25) is 0 Å². The highest BCUT2D eigenvalue weighted by Crippen LogP contribution is 2.59. The summed E-state index contributed by atoms with van der Waals surface area (Å²) in [6.07, 6.45) is 1.83. The molecule has 27 heavy (non-hydrogen) atoms. The van der Waals surface area contributed by atoms with Crippen molar-refractivity contribution in [3.63, 3.8) is 0 Å². The van der Waals surface area contributed by atoms with Crippen molar-refractivity contribution in [2.24, 2.45) is 0 Å². The van der Waals surface area contributed by atoms with Crippen LogP contribution >= 0.6 is 30.9 Å². The first-order valence-corrected chi connectivity index (χ1v) is 11.6. The first-order valence-electron chi connectivity index (χ1n) is 9.01. The highest BCUT2D eigenvalue weighted by molar-refractivity contribution is 7.54. The standard InChI is InChI=1S/C18H23Cl2N2O4P/c1-2-3-10-22-13-15-16(6-4-14-5-7-17(23)25-18(14)15)26-27(22,24)21(11-8-19)12-9-20/h4-7H,2-3,8-13H2,1H3. The van der Waals surface area contributed by atoms with Crippen LogP contribution in [0.25, 0.3) is 11.0 Å². The van der Waals surface area contributed by atoms with Crippen LogP contribution in [0.15, 0.2) is 33.5 Å². The largest absolute Gasteiger partial charge is 0.422 e. The fourth-order valence-corrected chi connectivity index (χ4v) is 6.29. The van der Waals surface area contributed by atoms with Gasteiger partial charge in [0.15, 0.2) is 0 Å². The molecule has 0 amide bonds. The van der Waals surface area contributed by atoms with Gasteiger partial charge in [0.05, 0.1) is 5.56 Å². The van der Waals surface area contributed by atoms with Crippen LogP contribution in [0.4, 0.5) is 0 Å². The lowest BCUT2D eigenvalue weighted by Gasteiger charge is -2.41. The molecule has 1 atom stereocenters. The monoisotopic (exact) mass is 432 g/mol. The fourth-order valence-electron chi connectivity index (χ4n) is 3.21. The van der Waals surface area contributed by atoms with Gasteiger partial charge in [0.1, 0.15) is 11.3 Å².